The molecule has 0 aliphatic carbocycles. The summed E-state index contributed by atoms with van der Waals surface area (Å²) in [5, 5.41) is 11.7. The SMILES string of the molecule is NC(=O)c1cccc(NC(=O)c2c(F)cc(F)cc2F)[n+]1O. The van der Waals surface area contributed by atoms with Crippen molar-refractivity contribution >= 4 is 17.6 Å². The molecule has 22 heavy (non-hydrogen) atoms. The van der Waals surface area contributed by atoms with Crippen molar-refractivity contribution in [2.24, 2.45) is 5.73 Å². The molecule has 0 atom stereocenters. The van der Waals surface area contributed by atoms with Gasteiger partial charge in [0.1, 0.15) is 23.0 Å². The average molecular weight is 312 g/mol. The van der Waals surface area contributed by atoms with Crippen LogP contribution in [0.5, 0.6) is 0 Å². The molecule has 0 aliphatic rings. The van der Waals surface area contributed by atoms with Crippen LogP contribution in [0.4, 0.5) is 19.0 Å². The number of hydrogen-bond acceptors (Lipinski definition) is 3. The number of primary amides is 1. The van der Waals surface area contributed by atoms with Gasteiger partial charge in [-0.1, -0.05) is 0 Å². The van der Waals surface area contributed by atoms with Gasteiger partial charge in [0, 0.05) is 18.2 Å². The van der Waals surface area contributed by atoms with Gasteiger partial charge in [0.05, 0.1) is 0 Å². The second kappa shape index (κ2) is 5.72. The third kappa shape index (κ3) is 2.82. The zero-order chi connectivity index (χ0) is 16.4. The van der Waals surface area contributed by atoms with E-state index in [1.54, 1.807) is 0 Å². The Balaban J connectivity index is 2.38. The molecule has 2 amide bonds. The number of carbonyl (C=O) groups excluding carboxylic acids is 2. The van der Waals surface area contributed by atoms with Gasteiger partial charge in [0.25, 0.3) is 5.91 Å². The van der Waals surface area contributed by atoms with Crippen LogP contribution in [0.3, 0.4) is 0 Å². The highest BCUT2D eigenvalue weighted by Crippen LogP contribution is 2.16. The summed E-state index contributed by atoms with van der Waals surface area (Å²) in [4.78, 5) is 22.9. The number of hydrogen-bond donors (Lipinski definition) is 3. The topological polar surface area (TPSA) is 96.3 Å². The molecule has 1 aromatic carbocycles. The lowest BCUT2D eigenvalue weighted by Gasteiger charge is -2.04. The Hall–Kier alpha value is -3.10. The fourth-order valence-corrected chi connectivity index (χ4v) is 1.72. The van der Waals surface area contributed by atoms with Crippen LogP contribution in [-0.2, 0) is 0 Å². The van der Waals surface area contributed by atoms with E-state index in [4.69, 9.17) is 5.73 Å². The van der Waals surface area contributed by atoms with E-state index in [0.29, 0.717) is 12.1 Å². The minimum absolute atomic E-state index is 0.250. The molecular formula is C13H9F3N3O3+. The van der Waals surface area contributed by atoms with E-state index in [-0.39, 0.29) is 16.2 Å². The molecule has 4 N–H and O–H groups in total. The molecule has 0 fully saturated rings. The summed E-state index contributed by atoms with van der Waals surface area (Å²) in [5.74, 6) is -6.63. The number of halogens is 3. The predicted octanol–water partition coefficient (Wildman–Crippen LogP) is 0.980. The van der Waals surface area contributed by atoms with Crippen LogP contribution < -0.4 is 15.8 Å². The third-order valence-electron chi connectivity index (χ3n) is 2.69. The molecule has 9 heteroatoms. The standard InChI is InChI=1S/C13H8F3N3O3/c14-6-4-7(15)11(8(16)5-6)13(21)18-10-3-1-2-9(12(17)20)19(10)22/h1-5,22H,(H2,17,20)/p+1. The minimum atomic E-state index is -1.41. The van der Waals surface area contributed by atoms with Gasteiger partial charge in [-0.15, -0.1) is 0 Å². The highest BCUT2D eigenvalue weighted by molar-refractivity contribution is 6.03. The molecule has 1 heterocycles. The second-order valence-electron chi connectivity index (χ2n) is 4.17. The molecule has 1 aromatic heterocycles. The van der Waals surface area contributed by atoms with Gasteiger partial charge in [-0.3, -0.25) is 4.79 Å². The minimum Gasteiger partial charge on any atom is -0.362 e. The van der Waals surface area contributed by atoms with E-state index in [9.17, 15) is 28.0 Å². The molecule has 0 bridgehead atoms. The van der Waals surface area contributed by atoms with Crippen LogP contribution in [0.1, 0.15) is 20.8 Å². The first kappa shape index (κ1) is 15.3. The predicted molar refractivity (Wildman–Crippen MR) is 66.6 cm³/mol. The Morgan fingerprint density at radius 3 is 2.27 bits per heavy atom. The largest absolute Gasteiger partial charge is 0.362 e. The summed E-state index contributed by atoms with van der Waals surface area (Å²) in [6.07, 6.45) is 0. The Labute approximate surface area is 121 Å². The third-order valence-corrected chi connectivity index (χ3v) is 2.69. The van der Waals surface area contributed by atoms with Gasteiger partial charge in [-0.25, -0.2) is 23.3 Å². The van der Waals surface area contributed by atoms with Gasteiger partial charge < -0.3 is 10.9 Å². The normalized spacial score (nSPS) is 10.3. The number of carbonyl (C=O) groups is 2. The molecule has 0 saturated heterocycles. The zero-order valence-corrected chi connectivity index (χ0v) is 10.8. The van der Waals surface area contributed by atoms with Crippen molar-refractivity contribution in [3.05, 3.63) is 59.0 Å². The van der Waals surface area contributed by atoms with Crippen molar-refractivity contribution in [1.82, 2.24) is 0 Å². The Bertz CT molecular complexity index is 757. The number of amides is 2. The number of nitrogens with two attached hydrogens (primary N) is 1. The maximum absolute atomic E-state index is 13.5. The zero-order valence-electron chi connectivity index (χ0n) is 10.8. The van der Waals surface area contributed by atoms with Crippen LogP contribution in [-0.4, -0.2) is 17.0 Å². The molecule has 0 radical (unpaired) electrons. The number of rotatable bonds is 3. The van der Waals surface area contributed by atoms with Crippen molar-refractivity contribution in [3.63, 3.8) is 0 Å². The number of nitrogens with zero attached hydrogens (tertiary/aromatic N) is 1. The smallest absolute Gasteiger partial charge is 0.345 e. The Morgan fingerprint density at radius 1 is 1.14 bits per heavy atom. The maximum Gasteiger partial charge on any atom is 0.345 e. The van der Waals surface area contributed by atoms with Gasteiger partial charge in [-0.05, 0) is 16.9 Å². The van der Waals surface area contributed by atoms with Crippen LogP contribution in [0.15, 0.2) is 30.3 Å². The van der Waals surface area contributed by atoms with Gasteiger partial charge >= 0.3 is 11.7 Å². The number of aromatic nitrogens is 1. The van der Waals surface area contributed by atoms with Crippen molar-refractivity contribution in [3.8, 4) is 0 Å². The highest BCUT2D eigenvalue weighted by Gasteiger charge is 2.26. The molecular weight excluding hydrogens is 303 g/mol. The number of benzene rings is 1. The van der Waals surface area contributed by atoms with Gasteiger partial charge in [0.2, 0.25) is 5.69 Å². The summed E-state index contributed by atoms with van der Waals surface area (Å²) in [5.41, 5.74) is 3.60. The van der Waals surface area contributed by atoms with Crippen molar-refractivity contribution in [1.29, 1.82) is 0 Å². The lowest BCUT2D eigenvalue weighted by Crippen LogP contribution is -2.43. The van der Waals surface area contributed by atoms with Crippen LogP contribution in [0.2, 0.25) is 0 Å². The molecule has 0 unspecified atom stereocenters. The van der Waals surface area contributed by atoms with E-state index >= 15 is 0 Å². The maximum atomic E-state index is 13.5. The Morgan fingerprint density at radius 2 is 1.73 bits per heavy atom. The van der Waals surface area contributed by atoms with Gasteiger partial charge in [-0.2, -0.15) is 0 Å². The van der Waals surface area contributed by atoms with E-state index in [1.807, 2.05) is 5.32 Å². The molecule has 2 rings (SSSR count). The summed E-state index contributed by atoms with van der Waals surface area (Å²) in [6, 6.07) is 4.27. The number of nitrogens with one attached hydrogen (secondary N) is 1. The van der Waals surface area contributed by atoms with Crippen molar-refractivity contribution in [2.75, 3.05) is 5.32 Å². The van der Waals surface area contributed by atoms with Crippen molar-refractivity contribution in [2.45, 2.75) is 0 Å². The molecule has 0 spiro atoms. The first-order valence-corrected chi connectivity index (χ1v) is 5.81. The van der Waals surface area contributed by atoms with E-state index in [0.717, 1.165) is 12.1 Å². The van der Waals surface area contributed by atoms with E-state index in [2.05, 4.69) is 0 Å². The molecule has 0 saturated carbocycles. The summed E-state index contributed by atoms with van der Waals surface area (Å²) < 4.78 is 40.0. The van der Waals surface area contributed by atoms with E-state index in [1.165, 1.54) is 6.07 Å². The lowest BCUT2D eigenvalue weighted by molar-refractivity contribution is -0.894. The van der Waals surface area contributed by atoms with Gasteiger partial charge in [0.15, 0.2) is 0 Å². The summed E-state index contributed by atoms with van der Waals surface area (Å²) >= 11 is 0. The molecule has 2 aromatic rings. The number of pyridine rings is 1. The average Bonchev–Trinajstić information content (AvgIpc) is 2.39. The first-order chi connectivity index (χ1) is 10.3. The van der Waals surface area contributed by atoms with Crippen LogP contribution >= 0.6 is 0 Å². The monoisotopic (exact) mass is 312 g/mol. The number of anilines is 1. The quantitative estimate of drug-likeness (QED) is 0.582. The summed E-state index contributed by atoms with van der Waals surface area (Å²) in [7, 11) is 0. The van der Waals surface area contributed by atoms with E-state index < -0.39 is 34.8 Å². The second-order valence-corrected chi connectivity index (χ2v) is 4.17. The van der Waals surface area contributed by atoms with Crippen molar-refractivity contribution < 1.29 is 32.7 Å². The van der Waals surface area contributed by atoms with Crippen LogP contribution in [0.25, 0.3) is 0 Å². The van der Waals surface area contributed by atoms with Crippen LogP contribution in [0, 0.1) is 17.5 Å². The summed E-state index contributed by atoms with van der Waals surface area (Å²) in [6.45, 7) is 0. The fourth-order valence-electron chi connectivity index (χ4n) is 1.72. The lowest BCUT2D eigenvalue weighted by atomic mass is 10.1. The fraction of sp³-hybridized carbons (Fsp3) is 0. The molecule has 0 aliphatic heterocycles. The Kier molecular flexibility index (Phi) is 3.97. The molecule has 114 valence electrons. The first-order valence-electron chi connectivity index (χ1n) is 5.81. The molecule has 6 nitrogen and oxygen atoms in total. The highest BCUT2D eigenvalue weighted by atomic mass is 19.1.